The highest BCUT2D eigenvalue weighted by atomic mass is 35.5. The first kappa shape index (κ1) is 20.4. The molecule has 2 heterocycles. The van der Waals surface area contributed by atoms with Gasteiger partial charge in [0.05, 0.1) is 23.9 Å². The minimum absolute atomic E-state index is 0.123. The average molecular weight is 403 g/mol. The Balaban J connectivity index is 2.29. The zero-order valence-corrected chi connectivity index (χ0v) is 17.6. The smallest absolute Gasteiger partial charge is 0.227 e. The Labute approximate surface area is 169 Å². The molecule has 3 aromatic rings. The van der Waals surface area contributed by atoms with Gasteiger partial charge in [0.2, 0.25) is 5.62 Å². The highest BCUT2D eigenvalue weighted by Gasteiger charge is 2.20. The molecule has 3 N–H and O–H groups in total. The molecule has 0 fully saturated rings. The van der Waals surface area contributed by atoms with Crippen molar-refractivity contribution in [3.63, 3.8) is 0 Å². The zero-order valence-electron chi connectivity index (χ0n) is 16.9. The van der Waals surface area contributed by atoms with Crippen LogP contribution in [0.25, 0.3) is 11.0 Å². The quantitative estimate of drug-likeness (QED) is 0.577. The van der Waals surface area contributed by atoms with Gasteiger partial charge in [0.1, 0.15) is 0 Å². The Kier molecular flexibility index (Phi) is 6.05. The number of hydrogen-bond donors (Lipinski definition) is 3. The molecule has 0 radical (unpaired) electrons. The van der Waals surface area contributed by atoms with Crippen LogP contribution in [0.2, 0.25) is 5.02 Å². The van der Waals surface area contributed by atoms with Gasteiger partial charge in [0.15, 0.2) is 11.3 Å². The van der Waals surface area contributed by atoms with Gasteiger partial charge in [-0.05, 0) is 44.9 Å². The van der Waals surface area contributed by atoms with E-state index in [1.807, 2.05) is 24.3 Å². The summed E-state index contributed by atoms with van der Waals surface area (Å²) >= 11 is 6.12. The second kappa shape index (κ2) is 8.32. The number of aromatic amines is 1. The molecule has 0 amide bonds. The zero-order chi connectivity index (χ0) is 20.4. The van der Waals surface area contributed by atoms with E-state index in [0.717, 1.165) is 22.4 Å². The minimum atomic E-state index is -0.545. The fraction of sp³-hybridized carbons (Fsp3) is 0.450. The maximum absolute atomic E-state index is 9.71. The summed E-state index contributed by atoms with van der Waals surface area (Å²) in [6.07, 6.45) is -0.545. The molecule has 7 nitrogen and oxygen atoms in total. The average Bonchev–Trinajstić information content (AvgIpc) is 3.04. The third kappa shape index (κ3) is 4.20. The van der Waals surface area contributed by atoms with Crippen LogP contribution < -0.4 is 10.9 Å². The number of anilines is 2. The summed E-state index contributed by atoms with van der Waals surface area (Å²) in [4.78, 5) is 9.31. The minimum Gasteiger partial charge on any atom is -0.391 e. The number of hydrogen-bond acceptors (Lipinski definition) is 5. The summed E-state index contributed by atoms with van der Waals surface area (Å²) in [6.45, 7) is 10.4. The number of nitrogens with one attached hydrogen (secondary N) is 2. The van der Waals surface area contributed by atoms with Crippen molar-refractivity contribution >= 4 is 34.1 Å². The van der Waals surface area contributed by atoms with E-state index in [2.05, 4.69) is 52.8 Å². The molecule has 150 valence electrons. The number of halogens is 1. The molecule has 0 aliphatic rings. The van der Waals surface area contributed by atoms with Crippen LogP contribution in [-0.4, -0.2) is 37.5 Å². The van der Waals surface area contributed by atoms with Crippen molar-refractivity contribution in [2.45, 2.75) is 52.7 Å². The largest absolute Gasteiger partial charge is 0.391 e. The summed E-state index contributed by atoms with van der Waals surface area (Å²) in [6, 6.07) is 7.58. The predicted octanol–water partition coefficient (Wildman–Crippen LogP) is 4.14. The Morgan fingerprint density at radius 1 is 1.25 bits per heavy atom. The fourth-order valence-corrected chi connectivity index (χ4v) is 3.26. The van der Waals surface area contributed by atoms with Gasteiger partial charge in [0, 0.05) is 16.8 Å². The molecular formula is C20H27ClN6O. The first-order chi connectivity index (χ1) is 13.3. The molecule has 0 spiro atoms. The third-order valence-electron chi connectivity index (χ3n) is 4.34. The van der Waals surface area contributed by atoms with E-state index in [1.165, 1.54) is 0 Å². The van der Waals surface area contributed by atoms with Crippen LogP contribution in [0.1, 0.15) is 52.3 Å². The maximum atomic E-state index is 9.71. The van der Waals surface area contributed by atoms with E-state index < -0.39 is 6.10 Å². The first-order valence-corrected chi connectivity index (χ1v) is 9.87. The summed E-state index contributed by atoms with van der Waals surface area (Å²) in [7, 11) is 0. The second-order valence-electron chi connectivity index (χ2n) is 7.54. The van der Waals surface area contributed by atoms with Crippen LogP contribution in [0.3, 0.4) is 0 Å². The number of benzene rings is 1. The monoisotopic (exact) mass is 402 g/mol. The Bertz CT molecular complexity index is 1030. The van der Waals surface area contributed by atoms with Gasteiger partial charge >= 0.3 is 0 Å². The van der Waals surface area contributed by atoms with Gasteiger partial charge in [0.25, 0.3) is 0 Å². The SMILES string of the molecule is CC(O)CN=c1nc(Nc2cccc(Cl)c2)c2n[nH]c(C(C)C)c2n1C(C)C. The number of aliphatic hydroxyl groups excluding tert-OH is 1. The summed E-state index contributed by atoms with van der Waals surface area (Å²) in [5, 5.41) is 21.4. The molecule has 0 saturated heterocycles. The molecule has 2 aromatic heterocycles. The fourth-order valence-electron chi connectivity index (χ4n) is 3.07. The third-order valence-corrected chi connectivity index (χ3v) is 4.57. The van der Waals surface area contributed by atoms with Gasteiger partial charge in [-0.25, -0.2) is 4.99 Å². The molecular weight excluding hydrogens is 376 g/mol. The number of aromatic nitrogens is 4. The normalized spacial score (nSPS) is 13.7. The van der Waals surface area contributed by atoms with Crippen LogP contribution in [0, 0.1) is 0 Å². The highest BCUT2D eigenvalue weighted by Crippen LogP contribution is 2.29. The van der Waals surface area contributed by atoms with Gasteiger partial charge in [-0.2, -0.15) is 10.1 Å². The number of aliphatic hydroxyl groups is 1. The highest BCUT2D eigenvalue weighted by molar-refractivity contribution is 6.30. The van der Waals surface area contributed by atoms with Crippen molar-refractivity contribution in [3.05, 3.63) is 40.6 Å². The van der Waals surface area contributed by atoms with Crippen LogP contribution >= 0.6 is 11.6 Å². The van der Waals surface area contributed by atoms with Crippen LogP contribution in [0.15, 0.2) is 29.3 Å². The van der Waals surface area contributed by atoms with E-state index in [1.54, 1.807) is 6.92 Å². The summed E-state index contributed by atoms with van der Waals surface area (Å²) in [5.41, 5.74) is 4.10. The molecule has 8 heteroatoms. The topological polar surface area (TPSA) is 91.1 Å². The summed E-state index contributed by atoms with van der Waals surface area (Å²) in [5.74, 6) is 0.850. The van der Waals surface area contributed by atoms with Crippen molar-refractivity contribution in [3.8, 4) is 0 Å². The van der Waals surface area contributed by atoms with Gasteiger partial charge in [-0.3, -0.25) is 5.10 Å². The van der Waals surface area contributed by atoms with Gasteiger partial charge in [-0.1, -0.05) is 31.5 Å². The number of rotatable bonds is 6. The molecule has 0 aliphatic carbocycles. The lowest BCUT2D eigenvalue weighted by molar-refractivity contribution is 0.202. The van der Waals surface area contributed by atoms with Crippen molar-refractivity contribution < 1.29 is 5.11 Å². The Hall–Kier alpha value is -2.38. The molecule has 1 unspecified atom stereocenters. The lowest BCUT2D eigenvalue weighted by Crippen LogP contribution is -2.29. The number of H-pyrrole nitrogens is 1. The Morgan fingerprint density at radius 3 is 2.61 bits per heavy atom. The van der Waals surface area contributed by atoms with Crippen molar-refractivity contribution in [2.75, 3.05) is 11.9 Å². The van der Waals surface area contributed by atoms with E-state index >= 15 is 0 Å². The molecule has 0 aliphatic heterocycles. The van der Waals surface area contributed by atoms with Gasteiger partial charge < -0.3 is 15.0 Å². The van der Waals surface area contributed by atoms with Crippen LogP contribution in [-0.2, 0) is 0 Å². The van der Waals surface area contributed by atoms with Gasteiger partial charge in [-0.15, -0.1) is 0 Å². The molecule has 28 heavy (non-hydrogen) atoms. The van der Waals surface area contributed by atoms with E-state index in [-0.39, 0.29) is 18.5 Å². The van der Waals surface area contributed by atoms with E-state index in [9.17, 15) is 5.11 Å². The lowest BCUT2D eigenvalue weighted by atomic mass is 10.1. The van der Waals surface area contributed by atoms with Crippen LogP contribution in [0.5, 0.6) is 0 Å². The number of nitrogens with zero attached hydrogens (tertiary/aromatic N) is 4. The lowest BCUT2D eigenvalue weighted by Gasteiger charge is -2.17. The summed E-state index contributed by atoms with van der Waals surface area (Å²) < 4.78 is 2.07. The van der Waals surface area contributed by atoms with E-state index in [0.29, 0.717) is 16.5 Å². The van der Waals surface area contributed by atoms with E-state index in [4.69, 9.17) is 16.6 Å². The second-order valence-corrected chi connectivity index (χ2v) is 7.97. The van der Waals surface area contributed by atoms with Crippen LogP contribution in [0.4, 0.5) is 11.5 Å². The molecule has 0 bridgehead atoms. The maximum Gasteiger partial charge on any atom is 0.227 e. The molecule has 1 atom stereocenters. The molecule has 1 aromatic carbocycles. The standard InChI is InChI=1S/C20H27ClN6O/c1-11(2)16-18-17(26-25-16)19(23-15-8-6-7-14(21)9-15)24-20(22-10-13(5)28)27(18)12(3)4/h6-9,11-13,28H,10H2,1-5H3,(H,25,26)(H,22,23,24). The first-order valence-electron chi connectivity index (χ1n) is 9.49. The predicted molar refractivity (Wildman–Crippen MR) is 113 cm³/mol. The molecule has 0 saturated carbocycles. The van der Waals surface area contributed by atoms with Crippen molar-refractivity contribution in [1.82, 2.24) is 19.7 Å². The Morgan fingerprint density at radius 2 is 2.00 bits per heavy atom. The molecule has 3 rings (SSSR count). The number of fused-ring (bicyclic) bond motifs is 1. The van der Waals surface area contributed by atoms with Crippen molar-refractivity contribution in [2.24, 2.45) is 4.99 Å². The van der Waals surface area contributed by atoms with Crippen molar-refractivity contribution in [1.29, 1.82) is 0 Å².